The Hall–Kier alpha value is -7.84. The Kier molecular flexibility index (Phi) is 17.0. The van der Waals surface area contributed by atoms with Crippen LogP contribution in [0.1, 0.15) is 71.2 Å². The molecule has 10 aromatic carbocycles. The van der Waals surface area contributed by atoms with Crippen molar-refractivity contribution in [2.45, 2.75) is 52.9 Å². The van der Waals surface area contributed by atoms with Gasteiger partial charge in [-0.2, -0.15) is 0 Å². The van der Waals surface area contributed by atoms with Gasteiger partial charge in [0, 0.05) is 0 Å². The first-order valence-electron chi connectivity index (χ1n) is 25.0. The first-order valence-corrected chi connectivity index (χ1v) is 25.0. The van der Waals surface area contributed by atoms with Crippen LogP contribution in [-0.2, 0) is 19.3 Å². The average Bonchev–Trinajstić information content (AvgIpc) is 3.83. The Morgan fingerprint density at radius 2 is 0.929 bits per heavy atom. The number of benzene rings is 10. The molecule has 0 aliphatic heterocycles. The molecule has 0 amide bonds. The molecule has 0 spiro atoms. The van der Waals surface area contributed by atoms with Gasteiger partial charge in [-0.3, -0.25) is 0 Å². The van der Waals surface area contributed by atoms with Crippen LogP contribution < -0.4 is 5.73 Å². The topological polar surface area (TPSA) is 26.0 Å². The Balaban J connectivity index is 0.000000143. The number of hydrogen-bond donors (Lipinski definition) is 1. The van der Waals surface area contributed by atoms with Crippen molar-refractivity contribution in [1.29, 1.82) is 0 Å². The Morgan fingerprint density at radius 3 is 1.59 bits per heavy atom. The van der Waals surface area contributed by atoms with E-state index in [-0.39, 0.29) is 0 Å². The fraction of sp³-hybridized carbons (Fsp3) is 0.130. The van der Waals surface area contributed by atoms with Crippen molar-refractivity contribution in [3.8, 4) is 33.4 Å². The summed E-state index contributed by atoms with van der Waals surface area (Å²) in [6, 6.07) is 83.2. The predicted octanol–water partition coefficient (Wildman–Crippen LogP) is 18.1. The van der Waals surface area contributed by atoms with Crippen molar-refractivity contribution in [3.63, 3.8) is 0 Å². The third-order valence-electron chi connectivity index (χ3n) is 13.0. The standard InChI is InChI=1S/C30H24.C19H18.C17H12.C2H6.CH5N/c1-22-11-15-27(16-12-22)30-28-10-6-5-9-25(28)19-20-29(30)26-17-13-24(14-18-26)21-23-7-3-2-4-8-23;1-3-8-16(9-4-1)14-17-10-7-13-19(15-17)18-11-5-2-6-12-18;1-3-7-15-12(5-1)9-10-14-11-13-6-2-4-8-16(13)17(14)15;2*1-2/h2-20H,21H2,1H3;1,3-5,7-13,15H,2,6,14H2;1-10H,11H2;1-2H3;2H2,1H3. The molecule has 0 saturated heterocycles. The molecule has 0 radical (unpaired) electrons. The van der Waals surface area contributed by atoms with Gasteiger partial charge in [0.05, 0.1) is 0 Å². The Labute approximate surface area is 417 Å². The van der Waals surface area contributed by atoms with Crippen LogP contribution in [0.3, 0.4) is 0 Å². The number of fused-ring (bicyclic) bond motifs is 6. The van der Waals surface area contributed by atoms with Gasteiger partial charge in [-0.05, 0) is 146 Å². The first-order chi connectivity index (χ1) is 34.6. The molecular weight excluding hydrogens is 843 g/mol. The fourth-order valence-electron chi connectivity index (χ4n) is 9.60. The average molecular weight is 908 g/mol. The second kappa shape index (κ2) is 24.4. The van der Waals surface area contributed by atoms with E-state index in [0.29, 0.717) is 0 Å². The molecule has 0 aromatic heterocycles. The van der Waals surface area contributed by atoms with Crippen molar-refractivity contribution < 1.29 is 0 Å². The largest absolute Gasteiger partial charge is 0.333 e. The van der Waals surface area contributed by atoms with Crippen LogP contribution >= 0.6 is 0 Å². The van der Waals surface area contributed by atoms with Gasteiger partial charge in [0.2, 0.25) is 0 Å². The monoisotopic (exact) mass is 908 g/mol. The highest BCUT2D eigenvalue weighted by atomic mass is 14.4. The van der Waals surface area contributed by atoms with Crippen molar-refractivity contribution in [3.05, 3.63) is 293 Å². The van der Waals surface area contributed by atoms with Crippen molar-refractivity contribution >= 4 is 27.1 Å². The van der Waals surface area contributed by atoms with Gasteiger partial charge < -0.3 is 5.73 Å². The summed E-state index contributed by atoms with van der Waals surface area (Å²) in [4.78, 5) is 0. The molecule has 2 aliphatic carbocycles. The van der Waals surface area contributed by atoms with E-state index in [9.17, 15) is 0 Å². The molecule has 0 saturated carbocycles. The molecule has 346 valence electrons. The second-order valence-corrected chi connectivity index (χ2v) is 17.6. The van der Waals surface area contributed by atoms with E-state index in [1.165, 1.54) is 118 Å². The zero-order chi connectivity index (χ0) is 48.5. The van der Waals surface area contributed by atoms with Gasteiger partial charge in [0.1, 0.15) is 0 Å². The molecule has 2 N–H and O–H groups in total. The molecule has 0 bridgehead atoms. The lowest BCUT2D eigenvalue weighted by Gasteiger charge is -2.15. The zero-order valence-corrected chi connectivity index (χ0v) is 41.3. The zero-order valence-electron chi connectivity index (χ0n) is 41.3. The van der Waals surface area contributed by atoms with Gasteiger partial charge in [0.15, 0.2) is 0 Å². The van der Waals surface area contributed by atoms with Gasteiger partial charge in [-0.25, -0.2) is 0 Å². The summed E-state index contributed by atoms with van der Waals surface area (Å²) in [5.41, 5.74) is 24.8. The molecule has 0 heterocycles. The van der Waals surface area contributed by atoms with Crippen LogP contribution in [0.5, 0.6) is 0 Å². The maximum atomic E-state index is 4.50. The van der Waals surface area contributed by atoms with Crippen LogP contribution in [0.2, 0.25) is 0 Å². The molecule has 1 heteroatoms. The summed E-state index contributed by atoms with van der Waals surface area (Å²) in [7, 11) is 1.50. The third-order valence-corrected chi connectivity index (χ3v) is 13.0. The summed E-state index contributed by atoms with van der Waals surface area (Å²) in [5.74, 6) is 0. The number of nitrogens with two attached hydrogens (primary N) is 1. The molecule has 1 nitrogen and oxygen atoms in total. The molecule has 0 fully saturated rings. The highest BCUT2D eigenvalue weighted by molar-refractivity contribution is 6.04. The number of hydrogen-bond acceptors (Lipinski definition) is 1. The highest BCUT2D eigenvalue weighted by Crippen LogP contribution is 2.41. The van der Waals surface area contributed by atoms with Crippen LogP contribution in [-0.4, -0.2) is 7.05 Å². The quantitative estimate of drug-likeness (QED) is 0.169. The number of allylic oxidation sites excluding steroid dienone is 4. The second-order valence-electron chi connectivity index (χ2n) is 17.6. The summed E-state index contributed by atoms with van der Waals surface area (Å²) in [5, 5.41) is 5.29. The van der Waals surface area contributed by atoms with Crippen molar-refractivity contribution in [2.24, 2.45) is 5.73 Å². The SMILES string of the molecule is C1=CC(c2cccc(Cc3ccccc3)c2)=CCC1.CC.CN.Cc1ccc(-c2c(-c3ccc(Cc4ccccc4)cc3)ccc3ccccc23)cc1.c1ccc2c(c1)Cc1ccc3ccccc3c1-2. The van der Waals surface area contributed by atoms with Crippen molar-refractivity contribution in [2.75, 3.05) is 7.05 Å². The molecule has 12 rings (SSSR count). The first kappa shape index (κ1) is 48.6. The van der Waals surface area contributed by atoms with Gasteiger partial charge in [0.25, 0.3) is 0 Å². The van der Waals surface area contributed by atoms with E-state index in [4.69, 9.17) is 0 Å². The van der Waals surface area contributed by atoms with E-state index in [0.717, 1.165) is 25.7 Å². The lowest BCUT2D eigenvalue weighted by Crippen LogP contribution is -1.91. The molecule has 10 aromatic rings. The van der Waals surface area contributed by atoms with E-state index in [1.54, 1.807) is 0 Å². The Morgan fingerprint density at radius 1 is 0.386 bits per heavy atom. The molecule has 2 aliphatic rings. The van der Waals surface area contributed by atoms with Crippen LogP contribution in [0.25, 0.3) is 60.5 Å². The minimum atomic E-state index is 0.962. The molecular formula is C69H65N. The predicted molar refractivity (Wildman–Crippen MR) is 304 cm³/mol. The van der Waals surface area contributed by atoms with Crippen LogP contribution in [0, 0.1) is 6.92 Å². The van der Waals surface area contributed by atoms with Gasteiger partial charge in [-0.15, -0.1) is 0 Å². The maximum Gasteiger partial charge on any atom is -0.00132 e. The van der Waals surface area contributed by atoms with E-state index in [2.05, 4.69) is 261 Å². The fourth-order valence-corrected chi connectivity index (χ4v) is 9.60. The van der Waals surface area contributed by atoms with Crippen molar-refractivity contribution in [1.82, 2.24) is 0 Å². The number of rotatable bonds is 7. The molecule has 70 heavy (non-hydrogen) atoms. The van der Waals surface area contributed by atoms with Gasteiger partial charge >= 0.3 is 0 Å². The lowest BCUT2D eigenvalue weighted by molar-refractivity contribution is 1.04. The van der Waals surface area contributed by atoms with Crippen LogP contribution in [0.15, 0.2) is 249 Å². The molecule has 0 atom stereocenters. The lowest BCUT2D eigenvalue weighted by atomic mass is 9.89. The maximum absolute atomic E-state index is 4.50. The number of aryl methyl sites for hydroxylation is 1. The Bertz CT molecular complexity index is 3300. The summed E-state index contributed by atoms with van der Waals surface area (Å²) >= 11 is 0. The summed E-state index contributed by atoms with van der Waals surface area (Å²) in [6.45, 7) is 6.14. The van der Waals surface area contributed by atoms with E-state index < -0.39 is 0 Å². The molecule has 0 unspecified atom stereocenters. The highest BCUT2D eigenvalue weighted by Gasteiger charge is 2.19. The third kappa shape index (κ3) is 11.9. The minimum Gasteiger partial charge on any atom is -0.333 e. The van der Waals surface area contributed by atoms with E-state index >= 15 is 0 Å². The minimum absolute atomic E-state index is 0.962. The summed E-state index contributed by atoms with van der Waals surface area (Å²) < 4.78 is 0. The van der Waals surface area contributed by atoms with Crippen LogP contribution in [0.4, 0.5) is 0 Å². The van der Waals surface area contributed by atoms with Gasteiger partial charge in [-0.1, -0.05) is 268 Å². The smallest absolute Gasteiger partial charge is 0.00132 e. The normalized spacial score (nSPS) is 11.8. The summed E-state index contributed by atoms with van der Waals surface area (Å²) in [6.07, 6.45) is 12.2. The van der Waals surface area contributed by atoms with E-state index in [1.807, 2.05) is 13.8 Å².